The van der Waals surface area contributed by atoms with Crippen LogP contribution in [-0.2, 0) is 9.47 Å². The Morgan fingerprint density at radius 1 is 1.47 bits per heavy atom. The van der Waals surface area contributed by atoms with E-state index in [1.54, 1.807) is 0 Å². The molecule has 19 heavy (non-hydrogen) atoms. The summed E-state index contributed by atoms with van der Waals surface area (Å²) < 4.78 is 10.7. The number of nitrogens with two attached hydrogens (primary N) is 1. The maximum atomic E-state index is 12.0. The van der Waals surface area contributed by atoms with Crippen molar-refractivity contribution in [1.29, 1.82) is 0 Å². The van der Waals surface area contributed by atoms with Gasteiger partial charge in [-0.2, -0.15) is 5.10 Å². The van der Waals surface area contributed by atoms with Crippen LogP contribution in [0.2, 0.25) is 0 Å². The van der Waals surface area contributed by atoms with E-state index >= 15 is 0 Å². The Morgan fingerprint density at radius 2 is 2.32 bits per heavy atom. The predicted molar refractivity (Wildman–Crippen MR) is 67.9 cm³/mol. The SMILES string of the molecule is Nc1c(C(=O)NCC2COCCO2)n[nH]c1C1CC1. The molecule has 1 aromatic rings. The Balaban J connectivity index is 1.57. The van der Waals surface area contributed by atoms with Crippen molar-refractivity contribution in [1.82, 2.24) is 15.5 Å². The van der Waals surface area contributed by atoms with Gasteiger partial charge in [-0.3, -0.25) is 9.89 Å². The molecule has 1 unspecified atom stereocenters. The molecule has 0 bridgehead atoms. The molecule has 7 nitrogen and oxygen atoms in total. The minimum absolute atomic E-state index is 0.0965. The third-order valence-electron chi connectivity index (χ3n) is 3.41. The highest BCUT2D eigenvalue weighted by molar-refractivity contribution is 5.97. The number of nitrogens with zero attached hydrogens (tertiary/aromatic N) is 1. The molecule has 7 heteroatoms. The molecule has 2 heterocycles. The molecule has 1 aliphatic heterocycles. The van der Waals surface area contributed by atoms with Crippen LogP contribution in [-0.4, -0.2) is 48.6 Å². The summed E-state index contributed by atoms with van der Waals surface area (Å²) in [5.41, 5.74) is 7.58. The van der Waals surface area contributed by atoms with Crippen LogP contribution < -0.4 is 11.1 Å². The van der Waals surface area contributed by atoms with Crippen LogP contribution in [0.3, 0.4) is 0 Å². The van der Waals surface area contributed by atoms with E-state index in [-0.39, 0.29) is 17.7 Å². The first-order valence-electron chi connectivity index (χ1n) is 6.57. The Hall–Kier alpha value is -1.60. The van der Waals surface area contributed by atoms with Crippen molar-refractivity contribution in [3.63, 3.8) is 0 Å². The maximum absolute atomic E-state index is 12.0. The van der Waals surface area contributed by atoms with Gasteiger partial charge in [-0.15, -0.1) is 0 Å². The second-order valence-electron chi connectivity index (χ2n) is 4.95. The number of ether oxygens (including phenoxy) is 2. The fourth-order valence-electron chi connectivity index (χ4n) is 2.17. The van der Waals surface area contributed by atoms with E-state index in [0.717, 1.165) is 18.5 Å². The van der Waals surface area contributed by atoms with Crippen molar-refractivity contribution in [3.8, 4) is 0 Å². The van der Waals surface area contributed by atoms with Crippen LogP contribution in [0.25, 0.3) is 0 Å². The van der Waals surface area contributed by atoms with Gasteiger partial charge < -0.3 is 20.5 Å². The molecule has 0 radical (unpaired) electrons. The summed E-state index contributed by atoms with van der Waals surface area (Å²) in [6, 6.07) is 0. The minimum atomic E-state index is -0.269. The Bertz CT molecular complexity index is 464. The van der Waals surface area contributed by atoms with Gasteiger partial charge in [0.2, 0.25) is 0 Å². The molecule has 1 saturated carbocycles. The zero-order valence-corrected chi connectivity index (χ0v) is 10.6. The van der Waals surface area contributed by atoms with Crippen LogP contribution in [0.4, 0.5) is 5.69 Å². The summed E-state index contributed by atoms with van der Waals surface area (Å²) in [5, 5.41) is 9.65. The van der Waals surface area contributed by atoms with Crippen molar-refractivity contribution in [2.75, 3.05) is 32.1 Å². The molecule has 1 aromatic heterocycles. The van der Waals surface area contributed by atoms with Gasteiger partial charge in [-0.1, -0.05) is 0 Å². The third-order valence-corrected chi connectivity index (χ3v) is 3.41. The third kappa shape index (κ3) is 2.71. The average molecular weight is 266 g/mol. The van der Waals surface area contributed by atoms with Crippen LogP contribution in [0.15, 0.2) is 0 Å². The zero-order chi connectivity index (χ0) is 13.2. The molecule has 2 aliphatic rings. The highest BCUT2D eigenvalue weighted by atomic mass is 16.6. The van der Waals surface area contributed by atoms with Crippen LogP contribution in [0, 0.1) is 0 Å². The van der Waals surface area contributed by atoms with Crippen molar-refractivity contribution < 1.29 is 14.3 Å². The number of carbonyl (C=O) groups excluding carboxylic acids is 1. The number of nitrogens with one attached hydrogen (secondary N) is 2. The van der Waals surface area contributed by atoms with Crippen molar-refractivity contribution in [2.24, 2.45) is 0 Å². The Kier molecular flexibility index (Phi) is 3.39. The lowest BCUT2D eigenvalue weighted by Crippen LogP contribution is -2.40. The second-order valence-corrected chi connectivity index (χ2v) is 4.95. The number of anilines is 1. The normalized spacial score (nSPS) is 23.3. The highest BCUT2D eigenvalue weighted by Crippen LogP contribution is 2.42. The number of hydrogen-bond acceptors (Lipinski definition) is 5. The zero-order valence-electron chi connectivity index (χ0n) is 10.6. The van der Waals surface area contributed by atoms with Gasteiger partial charge in [-0.05, 0) is 12.8 Å². The topological polar surface area (TPSA) is 102 Å². The van der Waals surface area contributed by atoms with Gasteiger partial charge >= 0.3 is 0 Å². The smallest absolute Gasteiger partial charge is 0.274 e. The molecule has 3 rings (SSSR count). The highest BCUT2D eigenvalue weighted by Gasteiger charge is 2.30. The molecule has 0 spiro atoms. The van der Waals surface area contributed by atoms with Crippen molar-refractivity contribution >= 4 is 11.6 Å². The molecule has 2 fully saturated rings. The van der Waals surface area contributed by atoms with Crippen molar-refractivity contribution in [2.45, 2.75) is 24.9 Å². The number of aromatic nitrogens is 2. The number of carbonyl (C=O) groups is 1. The van der Waals surface area contributed by atoms with E-state index < -0.39 is 0 Å². The van der Waals surface area contributed by atoms with E-state index in [2.05, 4.69) is 15.5 Å². The average Bonchev–Trinajstić information content (AvgIpc) is 3.20. The molecule has 104 valence electrons. The minimum Gasteiger partial charge on any atom is -0.395 e. The lowest BCUT2D eigenvalue weighted by molar-refractivity contribution is -0.0855. The summed E-state index contributed by atoms with van der Waals surface area (Å²) in [4.78, 5) is 12.0. The number of amides is 1. The first-order chi connectivity index (χ1) is 9.25. The van der Waals surface area contributed by atoms with Crippen molar-refractivity contribution in [3.05, 3.63) is 11.4 Å². The number of rotatable bonds is 4. The first kappa shape index (κ1) is 12.4. The summed E-state index contributed by atoms with van der Waals surface area (Å²) >= 11 is 0. The predicted octanol–water partition coefficient (Wildman–Crippen LogP) is 0.0145. The molecule has 1 atom stereocenters. The summed E-state index contributed by atoms with van der Waals surface area (Å²) in [6.45, 7) is 2.09. The lowest BCUT2D eigenvalue weighted by Gasteiger charge is -2.22. The van der Waals surface area contributed by atoms with Gasteiger partial charge in [0.15, 0.2) is 5.69 Å². The maximum Gasteiger partial charge on any atom is 0.274 e. The van der Waals surface area contributed by atoms with Gasteiger partial charge in [0.05, 0.1) is 37.3 Å². The molecule has 1 amide bonds. The van der Waals surface area contributed by atoms with E-state index in [0.29, 0.717) is 38.0 Å². The second kappa shape index (κ2) is 5.18. The lowest BCUT2D eigenvalue weighted by atomic mass is 10.2. The summed E-state index contributed by atoms with van der Waals surface area (Å²) in [7, 11) is 0. The standard InChI is InChI=1S/C12H18N4O3/c13-9-10(7-1-2-7)15-16-11(9)12(17)14-5-8-6-18-3-4-19-8/h7-8H,1-6,13H2,(H,14,17)(H,15,16). The van der Waals surface area contributed by atoms with Gasteiger partial charge in [0.1, 0.15) is 0 Å². The molecular weight excluding hydrogens is 248 g/mol. The fourth-order valence-corrected chi connectivity index (χ4v) is 2.17. The molecule has 0 aromatic carbocycles. The summed E-state index contributed by atoms with van der Waals surface area (Å²) in [6.07, 6.45) is 2.13. The largest absolute Gasteiger partial charge is 0.395 e. The van der Waals surface area contributed by atoms with Crippen LogP contribution >= 0.6 is 0 Å². The van der Waals surface area contributed by atoms with Crippen LogP contribution in [0.1, 0.15) is 34.9 Å². The molecule has 1 saturated heterocycles. The van der Waals surface area contributed by atoms with Gasteiger partial charge in [0.25, 0.3) is 5.91 Å². The van der Waals surface area contributed by atoms with E-state index in [9.17, 15) is 4.79 Å². The Morgan fingerprint density at radius 3 is 3.00 bits per heavy atom. The quantitative estimate of drug-likeness (QED) is 0.712. The van der Waals surface area contributed by atoms with E-state index in [1.807, 2.05) is 0 Å². The Labute approximate surface area is 110 Å². The number of H-pyrrole nitrogens is 1. The fraction of sp³-hybridized carbons (Fsp3) is 0.667. The molecule has 4 N–H and O–H groups in total. The number of aromatic amines is 1. The number of nitrogen functional groups attached to an aromatic ring is 1. The summed E-state index contributed by atoms with van der Waals surface area (Å²) in [5.74, 6) is 0.180. The monoisotopic (exact) mass is 266 g/mol. The molecule has 1 aliphatic carbocycles. The van der Waals surface area contributed by atoms with E-state index in [1.165, 1.54) is 0 Å². The molecular formula is C12H18N4O3. The number of hydrogen-bond donors (Lipinski definition) is 3. The van der Waals surface area contributed by atoms with Gasteiger partial charge in [0, 0.05) is 12.5 Å². The van der Waals surface area contributed by atoms with Crippen LogP contribution in [0.5, 0.6) is 0 Å². The first-order valence-corrected chi connectivity index (χ1v) is 6.57. The van der Waals surface area contributed by atoms with E-state index in [4.69, 9.17) is 15.2 Å². The van der Waals surface area contributed by atoms with Gasteiger partial charge in [-0.25, -0.2) is 0 Å².